The first-order valence-corrected chi connectivity index (χ1v) is 7.21. The van der Waals surface area contributed by atoms with Crippen LogP contribution in [0.4, 0.5) is 5.95 Å². The van der Waals surface area contributed by atoms with Gasteiger partial charge in [0, 0.05) is 19.7 Å². The Hall–Kier alpha value is -3.02. The van der Waals surface area contributed by atoms with Crippen LogP contribution in [-0.4, -0.2) is 34.0 Å². The minimum absolute atomic E-state index is 0.260. The van der Waals surface area contributed by atoms with Crippen molar-refractivity contribution in [1.29, 1.82) is 0 Å². The minimum Gasteiger partial charge on any atom is -0.423 e. The number of pyridine rings is 1. The Balaban J connectivity index is 1.81. The molecule has 0 spiro atoms. The molecule has 0 N–H and O–H groups in total. The lowest BCUT2D eigenvalue weighted by Gasteiger charge is -2.11. The van der Waals surface area contributed by atoms with E-state index in [1.807, 2.05) is 56.6 Å². The van der Waals surface area contributed by atoms with E-state index >= 15 is 0 Å². The van der Waals surface area contributed by atoms with E-state index < -0.39 is 0 Å². The Labute approximate surface area is 134 Å². The van der Waals surface area contributed by atoms with Gasteiger partial charge in [0.15, 0.2) is 0 Å². The molecule has 3 aromatic rings. The summed E-state index contributed by atoms with van der Waals surface area (Å²) in [6.07, 6.45) is 1.66. The van der Waals surface area contributed by atoms with E-state index in [9.17, 15) is 0 Å². The van der Waals surface area contributed by atoms with Gasteiger partial charge in [-0.3, -0.25) is 4.98 Å². The molecule has 6 nitrogen and oxygen atoms in total. The fourth-order valence-corrected chi connectivity index (χ4v) is 2.02. The topological polar surface area (TPSA) is 64.0 Å². The van der Waals surface area contributed by atoms with Crippen LogP contribution in [0.15, 0.2) is 48.7 Å². The van der Waals surface area contributed by atoms with E-state index in [-0.39, 0.29) is 6.01 Å². The molecule has 3 rings (SSSR count). The summed E-state index contributed by atoms with van der Waals surface area (Å²) in [5.41, 5.74) is 1.95. The molecular weight excluding hydrogens is 290 g/mol. The van der Waals surface area contributed by atoms with Crippen molar-refractivity contribution in [2.24, 2.45) is 0 Å². The zero-order chi connectivity index (χ0) is 16.2. The SMILES string of the molecule is Cc1nc(Oc2ccc(-c3ccccc3)nc2)nc(N(C)C)n1. The molecule has 0 aliphatic rings. The predicted octanol–water partition coefficient (Wildman–Crippen LogP) is 3.10. The molecule has 0 unspecified atom stereocenters. The van der Waals surface area contributed by atoms with Crippen molar-refractivity contribution in [2.45, 2.75) is 6.92 Å². The van der Waals surface area contributed by atoms with E-state index in [1.54, 1.807) is 18.0 Å². The lowest BCUT2D eigenvalue weighted by Crippen LogP contribution is -2.14. The predicted molar refractivity (Wildman–Crippen MR) is 88.6 cm³/mol. The lowest BCUT2D eigenvalue weighted by atomic mass is 10.1. The van der Waals surface area contributed by atoms with Crippen molar-refractivity contribution in [3.63, 3.8) is 0 Å². The molecular formula is C17H17N5O. The van der Waals surface area contributed by atoms with Crippen LogP contribution in [0.2, 0.25) is 0 Å². The van der Waals surface area contributed by atoms with Crippen molar-refractivity contribution >= 4 is 5.95 Å². The average molecular weight is 307 g/mol. The standard InChI is InChI=1S/C17H17N5O/c1-12-19-16(22(2)3)21-17(20-12)23-14-9-10-15(18-11-14)13-7-5-4-6-8-13/h4-11H,1-3H3. The summed E-state index contributed by atoms with van der Waals surface area (Å²) in [7, 11) is 3.74. The van der Waals surface area contributed by atoms with Crippen LogP contribution in [0.5, 0.6) is 11.8 Å². The van der Waals surface area contributed by atoms with Gasteiger partial charge < -0.3 is 9.64 Å². The number of nitrogens with zero attached hydrogens (tertiary/aromatic N) is 5. The summed E-state index contributed by atoms with van der Waals surface area (Å²) in [4.78, 5) is 18.9. The summed E-state index contributed by atoms with van der Waals surface area (Å²) < 4.78 is 5.69. The molecule has 0 saturated heterocycles. The second-order valence-electron chi connectivity index (χ2n) is 5.21. The summed E-state index contributed by atoms with van der Waals surface area (Å²) in [6, 6.07) is 14.0. The molecule has 0 fully saturated rings. The average Bonchev–Trinajstić information content (AvgIpc) is 2.56. The maximum atomic E-state index is 5.69. The number of anilines is 1. The fraction of sp³-hybridized carbons (Fsp3) is 0.176. The Morgan fingerprint density at radius 3 is 2.35 bits per heavy atom. The largest absolute Gasteiger partial charge is 0.423 e. The third kappa shape index (κ3) is 3.60. The van der Waals surface area contributed by atoms with Crippen molar-refractivity contribution < 1.29 is 4.74 Å². The van der Waals surface area contributed by atoms with Crippen molar-refractivity contribution in [3.8, 4) is 23.0 Å². The maximum Gasteiger partial charge on any atom is 0.327 e. The van der Waals surface area contributed by atoms with Gasteiger partial charge in [0.25, 0.3) is 0 Å². The monoisotopic (exact) mass is 307 g/mol. The highest BCUT2D eigenvalue weighted by molar-refractivity contribution is 5.59. The Morgan fingerprint density at radius 1 is 0.913 bits per heavy atom. The van der Waals surface area contributed by atoms with E-state index in [0.717, 1.165) is 11.3 Å². The van der Waals surface area contributed by atoms with Crippen LogP contribution in [0, 0.1) is 6.92 Å². The summed E-state index contributed by atoms with van der Waals surface area (Å²) in [5, 5.41) is 0. The van der Waals surface area contributed by atoms with Gasteiger partial charge in [-0.25, -0.2) is 0 Å². The van der Waals surface area contributed by atoms with E-state index in [1.165, 1.54) is 0 Å². The van der Waals surface area contributed by atoms with Crippen molar-refractivity contribution in [1.82, 2.24) is 19.9 Å². The number of aromatic nitrogens is 4. The van der Waals surface area contributed by atoms with Gasteiger partial charge in [0.1, 0.15) is 11.6 Å². The highest BCUT2D eigenvalue weighted by Gasteiger charge is 2.08. The second kappa shape index (κ2) is 6.39. The van der Waals surface area contributed by atoms with Crippen LogP contribution in [0.25, 0.3) is 11.3 Å². The molecule has 2 heterocycles. The van der Waals surface area contributed by atoms with Gasteiger partial charge in [-0.05, 0) is 19.1 Å². The number of rotatable bonds is 4. The summed E-state index contributed by atoms with van der Waals surface area (Å²) >= 11 is 0. The fourth-order valence-electron chi connectivity index (χ4n) is 2.02. The molecule has 0 radical (unpaired) electrons. The zero-order valence-electron chi connectivity index (χ0n) is 13.3. The van der Waals surface area contributed by atoms with Crippen molar-refractivity contribution in [2.75, 3.05) is 19.0 Å². The third-order valence-corrected chi connectivity index (χ3v) is 3.13. The normalized spacial score (nSPS) is 10.4. The first-order valence-electron chi connectivity index (χ1n) is 7.21. The third-order valence-electron chi connectivity index (χ3n) is 3.13. The van der Waals surface area contributed by atoms with Crippen LogP contribution in [0.1, 0.15) is 5.82 Å². The minimum atomic E-state index is 0.260. The number of aryl methyl sites for hydroxylation is 1. The molecule has 0 aliphatic heterocycles. The van der Waals surface area contributed by atoms with Crippen LogP contribution < -0.4 is 9.64 Å². The molecule has 23 heavy (non-hydrogen) atoms. The number of hydrogen-bond donors (Lipinski definition) is 0. The first kappa shape index (κ1) is 14.9. The molecule has 116 valence electrons. The quantitative estimate of drug-likeness (QED) is 0.738. The second-order valence-corrected chi connectivity index (χ2v) is 5.21. The maximum absolute atomic E-state index is 5.69. The van der Waals surface area contributed by atoms with Gasteiger partial charge in [0.2, 0.25) is 5.95 Å². The highest BCUT2D eigenvalue weighted by Crippen LogP contribution is 2.22. The zero-order valence-corrected chi connectivity index (χ0v) is 13.3. The molecule has 0 amide bonds. The molecule has 0 bridgehead atoms. The molecule has 0 saturated carbocycles. The molecule has 1 aromatic carbocycles. The van der Waals surface area contributed by atoms with Crippen LogP contribution >= 0.6 is 0 Å². The molecule has 0 aliphatic carbocycles. The Morgan fingerprint density at radius 2 is 1.70 bits per heavy atom. The smallest absolute Gasteiger partial charge is 0.327 e. The summed E-state index contributed by atoms with van der Waals surface area (Å²) in [6.45, 7) is 1.80. The Bertz CT molecular complexity index is 788. The van der Waals surface area contributed by atoms with Gasteiger partial charge in [-0.2, -0.15) is 15.0 Å². The van der Waals surface area contributed by atoms with Gasteiger partial charge in [0.05, 0.1) is 11.9 Å². The number of ether oxygens (including phenoxy) is 1. The van der Waals surface area contributed by atoms with E-state index in [4.69, 9.17) is 4.74 Å². The van der Waals surface area contributed by atoms with E-state index in [2.05, 4.69) is 19.9 Å². The first-order chi connectivity index (χ1) is 11.1. The van der Waals surface area contributed by atoms with Gasteiger partial charge >= 0.3 is 6.01 Å². The Kier molecular flexibility index (Phi) is 4.14. The lowest BCUT2D eigenvalue weighted by molar-refractivity contribution is 0.436. The van der Waals surface area contributed by atoms with Gasteiger partial charge in [-0.1, -0.05) is 30.3 Å². The highest BCUT2D eigenvalue weighted by atomic mass is 16.5. The molecule has 2 aromatic heterocycles. The summed E-state index contributed by atoms with van der Waals surface area (Å²) in [5.74, 6) is 1.74. The van der Waals surface area contributed by atoms with Crippen LogP contribution in [0.3, 0.4) is 0 Å². The molecule has 6 heteroatoms. The van der Waals surface area contributed by atoms with E-state index in [0.29, 0.717) is 17.5 Å². The number of benzene rings is 1. The van der Waals surface area contributed by atoms with Gasteiger partial charge in [-0.15, -0.1) is 0 Å². The molecule has 0 atom stereocenters. The van der Waals surface area contributed by atoms with Crippen molar-refractivity contribution in [3.05, 3.63) is 54.5 Å². The number of hydrogen-bond acceptors (Lipinski definition) is 6. The van der Waals surface area contributed by atoms with Crippen LogP contribution in [-0.2, 0) is 0 Å².